The third kappa shape index (κ3) is 5.66. The Kier molecular flexibility index (Phi) is 7.69. The Hall–Kier alpha value is -1.22. The lowest BCUT2D eigenvalue weighted by Crippen LogP contribution is -2.51. The quantitative estimate of drug-likeness (QED) is 0.193. The lowest BCUT2D eigenvalue weighted by Gasteiger charge is -2.57. The Morgan fingerprint density at radius 1 is 0.868 bits per heavy atom. The van der Waals surface area contributed by atoms with Crippen molar-refractivity contribution in [3.8, 4) is 0 Å². The van der Waals surface area contributed by atoms with E-state index in [0.29, 0.717) is 30.0 Å². The van der Waals surface area contributed by atoms with Crippen molar-refractivity contribution in [3.05, 3.63) is 47.5 Å². The fourth-order valence-electron chi connectivity index (χ4n) is 8.46. The molecule has 3 fully saturated rings. The molecule has 4 aliphatic rings. The molecule has 4 aliphatic carbocycles. The van der Waals surface area contributed by atoms with Gasteiger partial charge in [-0.1, -0.05) is 61.0 Å². The molecule has 7 unspecified atom stereocenters. The van der Waals surface area contributed by atoms with Gasteiger partial charge in [0, 0.05) is 11.5 Å². The van der Waals surface area contributed by atoms with Gasteiger partial charge in [0.1, 0.15) is 6.61 Å². The summed E-state index contributed by atoms with van der Waals surface area (Å²) in [6.45, 7) is 19.5. The van der Waals surface area contributed by atoms with Crippen LogP contribution >= 0.6 is 0 Å². The lowest BCUT2D eigenvalue weighted by molar-refractivity contribution is -0.0217. The Bertz CT molecular complexity index is 1060. The molecule has 1 aromatic rings. The predicted octanol–water partition coefficient (Wildman–Crippen LogP) is 8.57. The molecule has 0 N–H and O–H groups in total. The highest BCUT2D eigenvalue weighted by Crippen LogP contribution is 2.64. The maximum Gasteiger partial charge on any atom is 0.184 e. The maximum atomic E-state index is 6.84. The van der Waals surface area contributed by atoms with Gasteiger partial charge in [0.05, 0.1) is 11.8 Å². The summed E-state index contributed by atoms with van der Waals surface area (Å²) in [5.74, 6) is 2.06. The van der Waals surface area contributed by atoms with Gasteiger partial charge in [-0.2, -0.15) is 0 Å². The molecule has 0 amide bonds. The van der Waals surface area contributed by atoms with E-state index in [1.54, 1.807) is 5.57 Å². The van der Waals surface area contributed by atoms with Gasteiger partial charge in [-0.3, -0.25) is 0 Å². The summed E-state index contributed by atoms with van der Waals surface area (Å²) >= 11 is 0. The molecule has 0 aliphatic heterocycles. The van der Waals surface area contributed by atoms with E-state index in [1.807, 2.05) is 6.07 Å². The van der Waals surface area contributed by atoms with E-state index >= 15 is 0 Å². The molecule has 5 rings (SSSR count). The van der Waals surface area contributed by atoms with Crippen LogP contribution in [-0.2, 0) is 20.3 Å². The Balaban J connectivity index is 1.39. The van der Waals surface area contributed by atoms with Gasteiger partial charge in [0.15, 0.2) is 16.6 Å². The molecular formula is C32H51NO3Si2. The van der Waals surface area contributed by atoms with Crippen LogP contribution in [0.5, 0.6) is 0 Å². The second-order valence-corrected chi connectivity index (χ2v) is 23.9. The molecule has 0 bridgehead atoms. The summed E-state index contributed by atoms with van der Waals surface area (Å²) in [5.41, 5.74) is 4.43. The molecule has 7 atom stereocenters. The first kappa shape index (κ1) is 28.3. The number of rotatable bonds is 7. The second kappa shape index (κ2) is 10.3. The summed E-state index contributed by atoms with van der Waals surface area (Å²) in [4.78, 5) is 6.06. The lowest BCUT2D eigenvalue weighted by atomic mass is 9.48. The zero-order valence-corrected chi connectivity index (χ0v) is 27.2. The minimum atomic E-state index is -1.74. The predicted molar refractivity (Wildman–Crippen MR) is 162 cm³/mol. The van der Waals surface area contributed by atoms with Crippen molar-refractivity contribution in [1.29, 1.82) is 0 Å². The Labute approximate surface area is 233 Å². The number of fused-ring (bicyclic) bond motifs is 5. The van der Waals surface area contributed by atoms with E-state index in [0.717, 1.165) is 24.3 Å². The summed E-state index contributed by atoms with van der Waals surface area (Å²) in [6.07, 6.45) is 11.5. The molecular weight excluding hydrogens is 503 g/mol. The highest BCUT2D eigenvalue weighted by molar-refractivity contribution is 6.70. The monoisotopic (exact) mass is 553 g/mol. The average Bonchev–Trinajstić information content (AvgIpc) is 3.09. The van der Waals surface area contributed by atoms with Crippen molar-refractivity contribution in [3.63, 3.8) is 0 Å². The highest BCUT2D eigenvalue weighted by atomic mass is 28.4. The van der Waals surface area contributed by atoms with Gasteiger partial charge in [-0.15, -0.1) is 0 Å². The van der Waals surface area contributed by atoms with Crippen LogP contribution in [0.1, 0.15) is 64.4 Å². The topological polar surface area (TPSA) is 40.0 Å². The zero-order valence-electron chi connectivity index (χ0n) is 25.2. The number of hydrogen-bond donors (Lipinski definition) is 0. The molecule has 1 aromatic carbocycles. The highest BCUT2D eigenvalue weighted by Gasteiger charge is 2.61. The minimum Gasteiger partial charge on any atom is -0.414 e. The van der Waals surface area contributed by atoms with E-state index in [4.69, 9.17) is 18.8 Å². The number of benzene rings is 1. The van der Waals surface area contributed by atoms with Crippen LogP contribution in [-0.4, -0.2) is 34.6 Å². The normalized spacial score (nSPS) is 38.3. The summed E-state index contributed by atoms with van der Waals surface area (Å²) in [7, 11) is -3.26. The largest absolute Gasteiger partial charge is 0.414 e. The van der Waals surface area contributed by atoms with Gasteiger partial charge >= 0.3 is 0 Å². The molecule has 0 aromatic heterocycles. The number of nitrogens with zero attached hydrogens (tertiary/aromatic N) is 1. The number of allylic oxidation sites excluding steroid dienone is 1. The van der Waals surface area contributed by atoms with Crippen LogP contribution < -0.4 is 0 Å². The van der Waals surface area contributed by atoms with Gasteiger partial charge in [0.2, 0.25) is 0 Å². The van der Waals surface area contributed by atoms with Crippen molar-refractivity contribution in [2.75, 3.05) is 0 Å². The van der Waals surface area contributed by atoms with Crippen molar-refractivity contribution >= 4 is 22.3 Å². The third-order valence-electron chi connectivity index (χ3n) is 10.1. The molecule has 0 saturated heterocycles. The van der Waals surface area contributed by atoms with Crippen molar-refractivity contribution in [2.24, 2.45) is 33.7 Å². The van der Waals surface area contributed by atoms with E-state index < -0.39 is 16.6 Å². The molecule has 0 heterocycles. The van der Waals surface area contributed by atoms with Gasteiger partial charge in [-0.25, -0.2) is 0 Å². The van der Waals surface area contributed by atoms with Crippen LogP contribution in [0.15, 0.2) is 47.1 Å². The fraction of sp³-hybridized carbons (Fsp3) is 0.719. The molecule has 0 spiro atoms. The average molecular weight is 554 g/mol. The van der Waals surface area contributed by atoms with E-state index in [2.05, 4.69) is 83.5 Å². The zero-order chi connectivity index (χ0) is 27.3. The van der Waals surface area contributed by atoms with Crippen molar-refractivity contribution in [1.82, 2.24) is 0 Å². The Morgan fingerprint density at radius 2 is 1.55 bits per heavy atom. The molecule has 4 nitrogen and oxygen atoms in total. The standard InChI is InChI=1S/C32H51NO3Si2/c1-31-18-16-25(35-37(3,4)5)20-24(31)14-15-26-27(31)17-19-32(2)28(26)21-29(36-38(6,7)8)30(32)33-34-22-23-12-10-9-11-13-23/h9-14,25-29H,15-22H2,1-8H3/b33-30+. The van der Waals surface area contributed by atoms with Crippen LogP contribution in [0, 0.1) is 28.6 Å². The first-order valence-electron chi connectivity index (χ1n) is 15.1. The molecule has 0 radical (unpaired) electrons. The first-order chi connectivity index (χ1) is 17.8. The number of oxime groups is 1. The maximum absolute atomic E-state index is 6.84. The smallest absolute Gasteiger partial charge is 0.184 e. The first-order valence-corrected chi connectivity index (χ1v) is 21.9. The summed E-state index contributed by atoms with van der Waals surface area (Å²) in [6, 6.07) is 10.4. The van der Waals surface area contributed by atoms with Crippen molar-refractivity contribution < 1.29 is 13.7 Å². The van der Waals surface area contributed by atoms with E-state index in [9.17, 15) is 0 Å². The molecule has 6 heteroatoms. The van der Waals surface area contributed by atoms with Crippen LogP contribution in [0.25, 0.3) is 0 Å². The number of hydrogen-bond acceptors (Lipinski definition) is 4. The van der Waals surface area contributed by atoms with Crippen LogP contribution in [0.4, 0.5) is 0 Å². The fourth-order valence-corrected chi connectivity index (χ4v) is 10.7. The van der Waals surface area contributed by atoms with Gasteiger partial charge in [-0.05, 0) is 113 Å². The molecule has 210 valence electrons. The van der Waals surface area contributed by atoms with E-state index in [-0.39, 0.29) is 11.5 Å². The Morgan fingerprint density at radius 3 is 2.24 bits per heavy atom. The SMILES string of the molecule is CC12CCC(O[Si](C)(C)C)CC1=CCC1C2CCC2(C)/C(=N/OCc3ccccc3)C(O[Si](C)(C)C)CC12. The molecule has 38 heavy (non-hydrogen) atoms. The third-order valence-corrected chi connectivity index (χ3v) is 12.1. The van der Waals surface area contributed by atoms with E-state index in [1.165, 1.54) is 37.8 Å². The minimum absolute atomic E-state index is 0.0576. The van der Waals surface area contributed by atoms with Gasteiger partial charge < -0.3 is 13.7 Å². The summed E-state index contributed by atoms with van der Waals surface area (Å²) in [5, 5.41) is 4.91. The van der Waals surface area contributed by atoms with Gasteiger partial charge in [0.25, 0.3) is 0 Å². The molecule has 3 saturated carbocycles. The van der Waals surface area contributed by atoms with Crippen LogP contribution in [0.2, 0.25) is 39.3 Å². The van der Waals surface area contributed by atoms with Crippen molar-refractivity contribution in [2.45, 2.75) is 117 Å². The van der Waals surface area contributed by atoms with Crippen LogP contribution in [0.3, 0.4) is 0 Å². The summed E-state index contributed by atoms with van der Waals surface area (Å²) < 4.78 is 13.4. The second-order valence-electron chi connectivity index (χ2n) is 15.0.